The lowest BCUT2D eigenvalue weighted by Crippen LogP contribution is -2.03. The average Bonchev–Trinajstić information content (AvgIpc) is 3.43. The molecule has 0 saturated heterocycles. The fourth-order valence-corrected chi connectivity index (χ4v) is 6.09. The second kappa shape index (κ2) is 10.1. The Balaban J connectivity index is 1.38. The van der Waals surface area contributed by atoms with Gasteiger partial charge in [-0.05, 0) is 52.9 Å². The quantitative estimate of drug-likeness (QED) is 0.214. The van der Waals surface area contributed by atoms with Gasteiger partial charge in [-0.1, -0.05) is 109 Å². The Morgan fingerprint density at radius 1 is 0.571 bits per heavy atom. The summed E-state index contributed by atoms with van der Waals surface area (Å²) in [6, 6.07) is 34.8. The number of hydrogen-bond donors (Lipinski definition) is 0. The van der Waals surface area contributed by atoms with Gasteiger partial charge in [0.25, 0.3) is 0 Å². The Bertz CT molecular complexity index is 2210. The molecular formula is C37H24ClN3O. The Kier molecular flexibility index (Phi) is 5.94. The number of rotatable bonds is 4. The molecule has 8 rings (SSSR count). The van der Waals surface area contributed by atoms with E-state index in [-0.39, 0.29) is 0 Å². The summed E-state index contributed by atoms with van der Waals surface area (Å²) in [5, 5.41) is 4.89. The van der Waals surface area contributed by atoms with Gasteiger partial charge in [-0.2, -0.15) is 0 Å². The molecule has 1 aliphatic carbocycles. The lowest BCUT2D eigenvalue weighted by atomic mass is 9.92. The van der Waals surface area contributed by atoms with E-state index in [0.29, 0.717) is 22.5 Å². The second-order valence-corrected chi connectivity index (χ2v) is 10.9. The summed E-state index contributed by atoms with van der Waals surface area (Å²) < 4.78 is 6.20. The molecule has 4 nitrogen and oxygen atoms in total. The van der Waals surface area contributed by atoms with Crippen molar-refractivity contribution < 1.29 is 4.42 Å². The topological polar surface area (TPSA) is 51.8 Å². The molecule has 5 aromatic carbocycles. The zero-order valence-electron chi connectivity index (χ0n) is 22.6. The first-order valence-corrected chi connectivity index (χ1v) is 14.4. The first-order chi connectivity index (χ1) is 20.7. The Labute approximate surface area is 247 Å². The van der Waals surface area contributed by atoms with Gasteiger partial charge in [-0.25, -0.2) is 15.0 Å². The molecule has 5 heteroatoms. The molecule has 2 heterocycles. The maximum Gasteiger partial charge on any atom is 0.164 e. The van der Waals surface area contributed by atoms with Gasteiger partial charge in [0.15, 0.2) is 17.5 Å². The normalized spacial score (nSPS) is 13.2. The van der Waals surface area contributed by atoms with Gasteiger partial charge in [0.05, 0.1) is 0 Å². The molecule has 0 aliphatic heterocycles. The lowest BCUT2D eigenvalue weighted by Gasteiger charge is -2.14. The zero-order valence-corrected chi connectivity index (χ0v) is 23.3. The van der Waals surface area contributed by atoms with E-state index in [9.17, 15) is 0 Å². The van der Waals surface area contributed by atoms with E-state index in [1.165, 1.54) is 0 Å². The largest absolute Gasteiger partial charge is 0.456 e. The number of furan rings is 1. The standard InChI is InChI=1S/C37H24ClN3O/c38-25-21-31(34-30-17-9-10-18-32(30)42-33(34)22-25)28-19-20-29(27-16-8-7-15-26(27)28)37-40-35(23-11-3-1-4-12-23)39-36(41-37)24-13-5-2-6-14-24/h1,3-5,7-22H,2,6H2. The fourth-order valence-electron chi connectivity index (χ4n) is 5.88. The van der Waals surface area contributed by atoms with Crippen LogP contribution >= 0.6 is 11.6 Å². The first kappa shape index (κ1) is 24.7. The van der Waals surface area contributed by atoms with Crippen LogP contribution in [0.4, 0.5) is 0 Å². The monoisotopic (exact) mass is 561 g/mol. The molecule has 0 unspecified atom stereocenters. The van der Waals surface area contributed by atoms with E-state index >= 15 is 0 Å². The van der Waals surface area contributed by atoms with Crippen LogP contribution in [0.2, 0.25) is 5.02 Å². The number of para-hydroxylation sites is 1. The van der Waals surface area contributed by atoms with E-state index in [1.54, 1.807) is 0 Å². The van der Waals surface area contributed by atoms with Crippen LogP contribution in [-0.4, -0.2) is 15.0 Å². The lowest BCUT2D eigenvalue weighted by molar-refractivity contribution is 0.669. The highest BCUT2D eigenvalue weighted by Gasteiger charge is 2.19. The van der Waals surface area contributed by atoms with E-state index in [0.717, 1.165) is 73.4 Å². The van der Waals surface area contributed by atoms with Crippen LogP contribution in [0.15, 0.2) is 126 Å². The molecule has 0 N–H and O–H groups in total. The number of hydrogen-bond acceptors (Lipinski definition) is 4. The molecule has 0 bridgehead atoms. The Hall–Kier alpha value is -5.06. The van der Waals surface area contributed by atoms with Crippen LogP contribution in [0.1, 0.15) is 18.7 Å². The number of halogens is 1. The minimum atomic E-state index is 0.633. The van der Waals surface area contributed by atoms with Crippen LogP contribution in [0.5, 0.6) is 0 Å². The minimum Gasteiger partial charge on any atom is -0.456 e. The number of allylic oxidation sites excluding steroid dienone is 4. The summed E-state index contributed by atoms with van der Waals surface area (Å²) in [5.74, 6) is 1.99. The molecule has 42 heavy (non-hydrogen) atoms. The van der Waals surface area contributed by atoms with Gasteiger partial charge in [-0.15, -0.1) is 0 Å². The van der Waals surface area contributed by atoms with Crippen molar-refractivity contribution >= 4 is 49.9 Å². The molecule has 0 atom stereocenters. The molecular weight excluding hydrogens is 538 g/mol. The van der Waals surface area contributed by atoms with Gasteiger partial charge >= 0.3 is 0 Å². The first-order valence-electron chi connectivity index (χ1n) is 14.0. The van der Waals surface area contributed by atoms with Crippen LogP contribution in [0.25, 0.3) is 72.2 Å². The third-order valence-corrected chi connectivity index (χ3v) is 8.04. The predicted molar refractivity (Wildman–Crippen MR) is 172 cm³/mol. The van der Waals surface area contributed by atoms with Crippen LogP contribution in [-0.2, 0) is 0 Å². The van der Waals surface area contributed by atoms with E-state index < -0.39 is 0 Å². The van der Waals surface area contributed by atoms with Crippen LogP contribution in [0.3, 0.4) is 0 Å². The summed E-state index contributed by atoms with van der Waals surface area (Å²) in [6.07, 6.45) is 8.49. The summed E-state index contributed by atoms with van der Waals surface area (Å²) >= 11 is 6.65. The highest BCUT2D eigenvalue weighted by molar-refractivity contribution is 6.32. The highest BCUT2D eigenvalue weighted by atomic mass is 35.5. The van der Waals surface area contributed by atoms with E-state index in [2.05, 4.69) is 60.7 Å². The maximum absolute atomic E-state index is 6.65. The van der Waals surface area contributed by atoms with Crippen molar-refractivity contribution in [3.05, 3.63) is 132 Å². The summed E-state index contributed by atoms with van der Waals surface area (Å²) in [7, 11) is 0. The number of benzene rings is 5. The molecule has 7 aromatic rings. The maximum atomic E-state index is 6.65. The van der Waals surface area contributed by atoms with Crippen molar-refractivity contribution in [2.24, 2.45) is 0 Å². The van der Waals surface area contributed by atoms with Gasteiger partial charge < -0.3 is 4.42 Å². The van der Waals surface area contributed by atoms with Crippen molar-refractivity contribution in [2.45, 2.75) is 12.8 Å². The van der Waals surface area contributed by atoms with Crippen LogP contribution < -0.4 is 0 Å². The third kappa shape index (κ3) is 4.20. The minimum absolute atomic E-state index is 0.633. The summed E-state index contributed by atoms with van der Waals surface area (Å²) in [4.78, 5) is 14.9. The summed E-state index contributed by atoms with van der Waals surface area (Å²) in [5.41, 5.74) is 6.65. The molecule has 0 spiro atoms. The molecule has 0 amide bonds. The van der Waals surface area contributed by atoms with Crippen molar-refractivity contribution in [1.82, 2.24) is 15.0 Å². The van der Waals surface area contributed by atoms with Crippen molar-refractivity contribution in [2.75, 3.05) is 0 Å². The number of nitrogens with zero attached hydrogens (tertiary/aromatic N) is 3. The Morgan fingerprint density at radius 3 is 2.07 bits per heavy atom. The van der Waals surface area contributed by atoms with Crippen molar-refractivity contribution in [3.8, 4) is 33.9 Å². The van der Waals surface area contributed by atoms with Crippen molar-refractivity contribution in [1.29, 1.82) is 0 Å². The molecule has 0 fully saturated rings. The molecule has 200 valence electrons. The third-order valence-electron chi connectivity index (χ3n) is 7.82. The number of fused-ring (bicyclic) bond motifs is 4. The van der Waals surface area contributed by atoms with Gasteiger partial charge in [0.2, 0.25) is 0 Å². The SMILES string of the molecule is Clc1cc(-c2ccc(-c3nc(C4=CCCC=C4)nc(-c4ccccc4)n3)c3ccccc23)c2c(c1)oc1ccccc12. The fraction of sp³-hybridized carbons (Fsp3) is 0.0541. The van der Waals surface area contributed by atoms with Gasteiger partial charge in [0, 0.05) is 38.6 Å². The number of aromatic nitrogens is 3. The van der Waals surface area contributed by atoms with Crippen molar-refractivity contribution in [3.63, 3.8) is 0 Å². The van der Waals surface area contributed by atoms with E-state index in [4.69, 9.17) is 31.0 Å². The second-order valence-electron chi connectivity index (χ2n) is 10.4. The Morgan fingerprint density at radius 2 is 1.26 bits per heavy atom. The van der Waals surface area contributed by atoms with Gasteiger partial charge in [-0.3, -0.25) is 0 Å². The molecule has 0 radical (unpaired) electrons. The summed E-state index contributed by atoms with van der Waals surface area (Å²) in [6.45, 7) is 0. The molecule has 2 aromatic heterocycles. The average molecular weight is 562 g/mol. The van der Waals surface area contributed by atoms with Crippen LogP contribution in [0, 0.1) is 0 Å². The smallest absolute Gasteiger partial charge is 0.164 e. The predicted octanol–water partition coefficient (Wildman–Crippen LogP) is 10.3. The molecule has 0 saturated carbocycles. The zero-order chi connectivity index (χ0) is 28.0. The van der Waals surface area contributed by atoms with Gasteiger partial charge in [0.1, 0.15) is 11.2 Å². The highest BCUT2D eigenvalue weighted by Crippen LogP contribution is 2.42. The van der Waals surface area contributed by atoms with E-state index in [1.807, 2.05) is 60.7 Å². The molecule has 1 aliphatic rings.